The second-order valence-electron chi connectivity index (χ2n) is 4.04. The fourth-order valence-electron chi connectivity index (χ4n) is 1.68. The Morgan fingerprint density at radius 2 is 2.22 bits per heavy atom. The minimum Gasteiger partial charge on any atom is -0.502 e. The van der Waals surface area contributed by atoms with Gasteiger partial charge in [0.1, 0.15) is 0 Å². The molecule has 2 rings (SSSR count). The van der Waals surface area contributed by atoms with E-state index in [9.17, 15) is 9.90 Å². The molecule has 3 nitrogen and oxygen atoms in total. The molecule has 1 aromatic heterocycles. The molecule has 5 heteroatoms. The van der Waals surface area contributed by atoms with Crippen molar-refractivity contribution in [2.75, 3.05) is 0 Å². The number of aromatic nitrogens is 1. The fourth-order valence-corrected chi connectivity index (χ4v) is 2.88. The zero-order valence-electron chi connectivity index (χ0n) is 10.0. The van der Waals surface area contributed by atoms with Crippen LogP contribution in [0.25, 0.3) is 10.4 Å². The van der Waals surface area contributed by atoms with Crippen LogP contribution in [0.3, 0.4) is 0 Å². The van der Waals surface area contributed by atoms with Crippen LogP contribution in [-0.4, -0.2) is 9.06 Å². The van der Waals surface area contributed by atoms with Gasteiger partial charge in [0.05, 0.1) is 4.88 Å². The van der Waals surface area contributed by atoms with Gasteiger partial charge in [0.2, 0.25) is 5.75 Å². The smallest absolute Gasteiger partial charge is 0.303 e. The van der Waals surface area contributed by atoms with Gasteiger partial charge in [-0.25, -0.2) is 0 Å². The number of nitrogens with zero attached hydrogens (tertiary/aromatic N) is 1. The lowest BCUT2D eigenvalue weighted by atomic mass is 10.2. The Hall–Kier alpha value is -1.26. The molecule has 96 valence electrons. The van der Waals surface area contributed by atoms with E-state index in [2.05, 4.69) is 6.92 Å². The van der Waals surface area contributed by atoms with Gasteiger partial charge in [-0.3, -0.25) is 8.75 Å². The van der Waals surface area contributed by atoms with E-state index in [1.54, 1.807) is 22.2 Å². The molecule has 1 aromatic carbocycles. The van der Waals surface area contributed by atoms with Gasteiger partial charge in [-0.2, -0.15) is 0 Å². The highest BCUT2D eigenvalue weighted by Crippen LogP contribution is 2.32. The van der Waals surface area contributed by atoms with E-state index < -0.39 is 0 Å². The van der Waals surface area contributed by atoms with Crippen molar-refractivity contribution in [1.29, 1.82) is 0 Å². The Labute approximate surface area is 114 Å². The standard InChI is InChI=1S/C13H14ClNO2S/c1-2-3-7-15-13(17)11(16)12(18-15)9-5-4-6-10(14)8-9/h4-6,8,16H,2-3,7H2,1H3. The van der Waals surface area contributed by atoms with E-state index in [0.29, 0.717) is 16.4 Å². The summed E-state index contributed by atoms with van der Waals surface area (Å²) >= 11 is 7.20. The summed E-state index contributed by atoms with van der Waals surface area (Å²) in [5.41, 5.74) is 0.459. The van der Waals surface area contributed by atoms with Gasteiger partial charge >= 0.3 is 5.56 Å². The third-order valence-electron chi connectivity index (χ3n) is 2.65. The highest BCUT2D eigenvalue weighted by atomic mass is 35.5. The molecule has 0 spiro atoms. The van der Waals surface area contributed by atoms with Crippen molar-refractivity contribution in [3.63, 3.8) is 0 Å². The van der Waals surface area contributed by atoms with Crippen molar-refractivity contribution in [2.24, 2.45) is 0 Å². The molecule has 1 heterocycles. The minimum atomic E-state index is -0.316. The summed E-state index contributed by atoms with van der Waals surface area (Å²) < 4.78 is 1.59. The Morgan fingerprint density at radius 3 is 2.89 bits per heavy atom. The van der Waals surface area contributed by atoms with Gasteiger partial charge in [-0.15, -0.1) is 0 Å². The number of halogens is 1. The summed E-state index contributed by atoms with van der Waals surface area (Å²) in [5, 5.41) is 10.5. The first-order valence-corrected chi connectivity index (χ1v) is 6.97. The second kappa shape index (κ2) is 5.59. The minimum absolute atomic E-state index is 0.182. The van der Waals surface area contributed by atoms with Crippen LogP contribution in [0.15, 0.2) is 29.1 Å². The Balaban J connectivity index is 2.43. The largest absolute Gasteiger partial charge is 0.502 e. The summed E-state index contributed by atoms with van der Waals surface area (Å²) in [6.07, 6.45) is 1.94. The van der Waals surface area contributed by atoms with Crippen LogP contribution in [-0.2, 0) is 6.54 Å². The van der Waals surface area contributed by atoms with Crippen LogP contribution in [0.4, 0.5) is 0 Å². The normalized spacial score (nSPS) is 10.8. The van der Waals surface area contributed by atoms with Crippen LogP contribution in [0.2, 0.25) is 5.02 Å². The molecule has 2 aromatic rings. The first-order chi connectivity index (χ1) is 8.63. The maximum Gasteiger partial charge on any atom is 0.303 e. The van der Waals surface area contributed by atoms with Gasteiger partial charge in [0.25, 0.3) is 0 Å². The third-order valence-corrected chi connectivity index (χ3v) is 4.06. The zero-order valence-corrected chi connectivity index (χ0v) is 11.6. The van der Waals surface area contributed by atoms with E-state index in [1.807, 2.05) is 6.07 Å². The summed E-state index contributed by atoms with van der Waals surface area (Å²) in [6.45, 7) is 2.71. The van der Waals surface area contributed by atoms with Crippen molar-refractivity contribution in [1.82, 2.24) is 3.96 Å². The van der Waals surface area contributed by atoms with Crippen molar-refractivity contribution < 1.29 is 5.11 Å². The monoisotopic (exact) mass is 283 g/mol. The molecule has 0 saturated carbocycles. The first-order valence-electron chi connectivity index (χ1n) is 5.82. The van der Waals surface area contributed by atoms with E-state index in [1.165, 1.54) is 11.5 Å². The zero-order chi connectivity index (χ0) is 13.1. The molecular formula is C13H14ClNO2S. The third kappa shape index (κ3) is 2.60. The summed E-state index contributed by atoms with van der Waals surface area (Å²) in [6, 6.07) is 7.15. The van der Waals surface area contributed by atoms with Crippen molar-refractivity contribution >= 4 is 23.1 Å². The van der Waals surface area contributed by atoms with Crippen LogP contribution in [0, 0.1) is 0 Å². The van der Waals surface area contributed by atoms with Gasteiger partial charge in [0, 0.05) is 11.6 Å². The van der Waals surface area contributed by atoms with Gasteiger partial charge < -0.3 is 5.11 Å². The lowest BCUT2D eigenvalue weighted by molar-refractivity contribution is 0.467. The van der Waals surface area contributed by atoms with Gasteiger partial charge in [-0.05, 0) is 24.1 Å². The van der Waals surface area contributed by atoms with E-state index in [-0.39, 0.29) is 11.3 Å². The maximum atomic E-state index is 11.8. The average molecular weight is 284 g/mol. The number of aryl methyl sites for hydroxylation is 1. The molecule has 0 aliphatic carbocycles. The lowest BCUT2D eigenvalue weighted by Crippen LogP contribution is -2.12. The Kier molecular flexibility index (Phi) is 4.09. The quantitative estimate of drug-likeness (QED) is 0.929. The van der Waals surface area contributed by atoms with E-state index >= 15 is 0 Å². The van der Waals surface area contributed by atoms with Crippen LogP contribution < -0.4 is 5.56 Å². The van der Waals surface area contributed by atoms with Crippen LogP contribution >= 0.6 is 23.1 Å². The fraction of sp³-hybridized carbons (Fsp3) is 0.308. The molecule has 0 atom stereocenters. The topological polar surface area (TPSA) is 42.2 Å². The molecule has 0 bridgehead atoms. The molecule has 18 heavy (non-hydrogen) atoms. The van der Waals surface area contributed by atoms with Crippen molar-refractivity contribution in [2.45, 2.75) is 26.3 Å². The molecule has 0 saturated heterocycles. The van der Waals surface area contributed by atoms with Crippen molar-refractivity contribution in [3.05, 3.63) is 39.6 Å². The molecule has 0 radical (unpaired) electrons. The number of aromatic hydroxyl groups is 1. The van der Waals surface area contributed by atoms with Crippen LogP contribution in [0.5, 0.6) is 5.75 Å². The Morgan fingerprint density at radius 1 is 1.44 bits per heavy atom. The average Bonchev–Trinajstić information content (AvgIpc) is 2.64. The predicted molar refractivity (Wildman–Crippen MR) is 75.6 cm³/mol. The molecule has 0 amide bonds. The van der Waals surface area contributed by atoms with E-state index in [4.69, 9.17) is 11.6 Å². The number of benzene rings is 1. The summed E-state index contributed by atoms with van der Waals surface area (Å²) in [5.74, 6) is -0.182. The molecule has 0 fully saturated rings. The molecular weight excluding hydrogens is 270 g/mol. The van der Waals surface area contributed by atoms with E-state index in [0.717, 1.165) is 18.4 Å². The number of hydrogen-bond donors (Lipinski definition) is 1. The van der Waals surface area contributed by atoms with Gasteiger partial charge in [0.15, 0.2) is 0 Å². The number of hydrogen-bond acceptors (Lipinski definition) is 3. The summed E-state index contributed by atoms with van der Waals surface area (Å²) in [4.78, 5) is 12.4. The first kappa shape index (κ1) is 13.2. The Bertz CT molecular complexity index is 603. The predicted octanol–water partition coefficient (Wildman–Crippen LogP) is 3.74. The lowest BCUT2D eigenvalue weighted by Gasteiger charge is -1.98. The maximum absolute atomic E-state index is 11.8. The number of unbranched alkanes of at least 4 members (excludes halogenated alkanes) is 1. The second-order valence-corrected chi connectivity index (χ2v) is 5.51. The molecule has 0 aliphatic heterocycles. The number of rotatable bonds is 4. The molecule has 0 unspecified atom stereocenters. The highest BCUT2D eigenvalue weighted by molar-refractivity contribution is 7.10. The highest BCUT2D eigenvalue weighted by Gasteiger charge is 2.15. The van der Waals surface area contributed by atoms with Crippen LogP contribution in [0.1, 0.15) is 19.8 Å². The van der Waals surface area contributed by atoms with Crippen molar-refractivity contribution in [3.8, 4) is 16.2 Å². The SMILES string of the molecule is CCCCn1sc(-c2cccc(Cl)c2)c(O)c1=O. The molecule has 1 N–H and O–H groups in total. The summed E-state index contributed by atoms with van der Waals surface area (Å²) in [7, 11) is 0. The molecule has 0 aliphatic rings. The van der Waals surface area contributed by atoms with Gasteiger partial charge in [-0.1, -0.05) is 48.6 Å².